The predicted molar refractivity (Wildman–Crippen MR) is 45.7 cm³/mol. The molecule has 0 radical (unpaired) electrons. The van der Waals surface area contributed by atoms with Crippen molar-refractivity contribution in [2.75, 3.05) is 13.1 Å². The fourth-order valence-electron chi connectivity index (χ4n) is 2.38. The number of hydrogen-bond acceptors (Lipinski definition) is 4. The molecule has 0 aromatic rings. The molecule has 2 fully saturated rings. The van der Waals surface area contributed by atoms with E-state index < -0.39 is 21.1 Å². The molecule has 2 N–H and O–H groups in total. The van der Waals surface area contributed by atoms with Crippen molar-refractivity contribution in [1.29, 1.82) is 0 Å². The van der Waals surface area contributed by atoms with Crippen LogP contribution in [0.15, 0.2) is 0 Å². The maximum Gasteiger partial charge on any atom is 0.296 e. The molecule has 0 bridgehead atoms. The largest absolute Gasteiger partial charge is 0.371 e. The second-order valence-corrected chi connectivity index (χ2v) is 5.42. The number of hydrogen-bond donors (Lipinski definition) is 2. The van der Waals surface area contributed by atoms with Crippen molar-refractivity contribution >= 4 is 10.1 Å². The summed E-state index contributed by atoms with van der Waals surface area (Å²) < 4.78 is 30.9. The summed E-state index contributed by atoms with van der Waals surface area (Å²) in [6.45, 7) is 1.38. The lowest BCUT2D eigenvalue weighted by Gasteiger charge is -2.26. The SMILES string of the molecule is O=S(=O)(O)C1(O)CCN2CCCC21. The van der Waals surface area contributed by atoms with Crippen molar-refractivity contribution in [2.45, 2.75) is 30.2 Å². The zero-order valence-electron chi connectivity index (χ0n) is 7.18. The highest BCUT2D eigenvalue weighted by atomic mass is 32.2. The Labute approximate surface area is 77.1 Å². The molecule has 0 saturated carbocycles. The van der Waals surface area contributed by atoms with Gasteiger partial charge in [-0.25, -0.2) is 0 Å². The van der Waals surface area contributed by atoms with Crippen LogP contribution in [-0.2, 0) is 10.1 Å². The summed E-state index contributed by atoms with van der Waals surface area (Å²) in [6.07, 6.45) is 1.66. The number of rotatable bonds is 1. The Balaban J connectivity index is 2.35. The molecular formula is C7H13NO4S. The van der Waals surface area contributed by atoms with E-state index in [0.29, 0.717) is 13.0 Å². The topological polar surface area (TPSA) is 77.8 Å². The van der Waals surface area contributed by atoms with Crippen LogP contribution < -0.4 is 0 Å². The van der Waals surface area contributed by atoms with Gasteiger partial charge < -0.3 is 5.11 Å². The quantitative estimate of drug-likeness (QED) is 0.563. The smallest absolute Gasteiger partial charge is 0.296 e. The highest BCUT2D eigenvalue weighted by Gasteiger charge is 2.56. The van der Waals surface area contributed by atoms with Crippen molar-refractivity contribution in [3.8, 4) is 0 Å². The van der Waals surface area contributed by atoms with Crippen molar-refractivity contribution in [2.24, 2.45) is 0 Å². The van der Waals surface area contributed by atoms with Gasteiger partial charge in [-0.1, -0.05) is 0 Å². The van der Waals surface area contributed by atoms with Gasteiger partial charge in [0.1, 0.15) is 0 Å². The van der Waals surface area contributed by atoms with E-state index in [9.17, 15) is 13.5 Å². The van der Waals surface area contributed by atoms with E-state index in [1.807, 2.05) is 4.90 Å². The van der Waals surface area contributed by atoms with E-state index in [-0.39, 0.29) is 6.42 Å². The molecule has 0 amide bonds. The van der Waals surface area contributed by atoms with Crippen LogP contribution >= 0.6 is 0 Å². The average molecular weight is 207 g/mol. The summed E-state index contributed by atoms with van der Waals surface area (Å²) in [5.41, 5.74) is 0. The highest BCUT2D eigenvalue weighted by molar-refractivity contribution is 7.87. The normalized spacial score (nSPS) is 40.9. The molecule has 2 aliphatic heterocycles. The van der Waals surface area contributed by atoms with Crippen LogP contribution in [0.25, 0.3) is 0 Å². The van der Waals surface area contributed by atoms with E-state index >= 15 is 0 Å². The molecule has 0 aromatic heterocycles. The van der Waals surface area contributed by atoms with Crippen molar-refractivity contribution in [1.82, 2.24) is 4.90 Å². The maximum atomic E-state index is 11.0. The van der Waals surface area contributed by atoms with Crippen LogP contribution in [0.5, 0.6) is 0 Å². The Hall–Kier alpha value is -0.170. The molecule has 2 heterocycles. The third-order valence-corrected chi connectivity index (χ3v) is 4.46. The second kappa shape index (κ2) is 2.66. The molecule has 13 heavy (non-hydrogen) atoms. The van der Waals surface area contributed by atoms with Crippen molar-refractivity contribution in [3.05, 3.63) is 0 Å². The van der Waals surface area contributed by atoms with Crippen LogP contribution in [-0.4, -0.2) is 47.0 Å². The monoisotopic (exact) mass is 207 g/mol. The van der Waals surface area contributed by atoms with Gasteiger partial charge in [-0.3, -0.25) is 9.45 Å². The minimum atomic E-state index is -4.34. The molecule has 0 spiro atoms. The van der Waals surface area contributed by atoms with Gasteiger partial charge >= 0.3 is 0 Å². The van der Waals surface area contributed by atoms with Gasteiger partial charge in [0.05, 0.1) is 6.04 Å². The first-order chi connectivity index (χ1) is 5.95. The molecular weight excluding hydrogens is 194 g/mol. The predicted octanol–water partition coefficient (Wildman–Crippen LogP) is -0.569. The summed E-state index contributed by atoms with van der Waals surface area (Å²) in [5.74, 6) is 0. The Morgan fingerprint density at radius 1 is 1.38 bits per heavy atom. The second-order valence-electron chi connectivity index (χ2n) is 3.76. The van der Waals surface area contributed by atoms with Crippen LogP contribution in [0.2, 0.25) is 0 Å². The van der Waals surface area contributed by atoms with E-state index in [1.165, 1.54) is 0 Å². The third kappa shape index (κ3) is 1.20. The molecule has 0 aromatic carbocycles. The van der Waals surface area contributed by atoms with Crippen LogP contribution in [0.4, 0.5) is 0 Å². The Morgan fingerprint density at radius 3 is 2.69 bits per heavy atom. The summed E-state index contributed by atoms with van der Waals surface area (Å²) in [5, 5.41) is 9.82. The molecule has 5 nitrogen and oxygen atoms in total. The van der Waals surface area contributed by atoms with E-state index in [2.05, 4.69) is 0 Å². The van der Waals surface area contributed by atoms with E-state index in [1.54, 1.807) is 0 Å². The molecule has 2 unspecified atom stereocenters. The molecule has 0 aliphatic carbocycles. The minimum absolute atomic E-state index is 0.122. The van der Waals surface area contributed by atoms with Crippen LogP contribution in [0.3, 0.4) is 0 Å². The molecule has 6 heteroatoms. The first-order valence-electron chi connectivity index (χ1n) is 4.38. The standard InChI is InChI=1S/C7H13NO4S/c9-7(13(10,11)12)3-5-8-4-1-2-6(7)8/h6,9H,1-5H2,(H,10,11,12). The Morgan fingerprint density at radius 2 is 2.08 bits per heavy atom. The molecule has 76 valence electrons. The van der Waals surface area contributed by atoms with Gasteiger partial charge in [0.2, 0.25) is 4.93 Å². The van der Waals surface area contributed by atoms with Gasteiger partial charge in [-0.15, -0.1) is 0 Å². The lowest BCUT2D eigenvalue weighted by Crippen LogP contribution is -2.47. The summed E-state index contributed by atoms with van der Waals surface area (Å²) >= 11 is 0. The Bertz CT molecular complexity index is 314. The summed E-state index contributed by atoms with van der Waals surface area (Å²) in [4.78, 5) is 0.0112. The first kappa shape index (κ1) is 9.39. The lowest BCUT2D eigenvalue weighted by atomic mass is 10.1. The maximum absolute atomic E-state index is 11.0. The zero-order valence-corrected chi connectivity index (χ0v) is 8.00. The molecule has 2 aliphatic rings. The number of aliphatic hydroxyl groups is 1. The van der Waals surface area contributed by atoms with Gasteiger partial charge in [-0.2, -0.15) is 8.42 Å². The molecule has 2 rings (SSSR count). The summed E-state index contributed by atoms with van der Waals surface area (Å²) in [7, 11) is -4.34. The molecule has 2 atom stereocenters. The summed E-state index contributed by atoms with van der Waals surface area (Å²) in [6, 6.07) is -0.400. The number of nitrogens with zero attached hydrogens (tertiary/aromatic N) is 1. The fourth-order valence-corrected chi connectivity index (χ4v) is 3.34. The van der Waals surface area contributed by atoms with Crippen LogP contribution in [0.1, 0.15) is 19.3 Å². The van der Waals surface area contributed by atoms with Gasteiger partial charge in [-0.05, 0) is 19.4 Å². The fraction of sp³-hybridized carbons (Fsp3) is 1.00. The average Bonchev–Trinajstić information content (AvgIpc) is 2.52. The van der Waals surface area contributed by atoms with E-state index in [0.717, 1.165) is 13.0 Å². The Kier molecular flexibility index (Phi) is 1.92. The van der Waals surface area contributed by atoms with Crippen molar-refractivity contribution in [3.63, 3.8) is 0 Å². The lowest BCUT2D eigenvalue weighted by molar-refractivity contribution is 0.0818. The van der Waals surface area contributed by atoms with Gasteiger partial charge in [0.25, 0.3) is 10.1 Å². The zero-order chi connectivity index (χ0) is 9.69. The number of fused-ring (bicyclic) bond motifs is 1. The van der Waals surface area contributed by atoms with Crippen molar-refractivity contribution < 1.29 is 18.1 Å². The molecule has 2 saturated heterocycles. The van der Waals surface area contributed by atoms with E-state index in [4.69, 9.17) is 4.55 Å². The van der Waals surface area contributed by atoms with Gasteiger partial charge in [0.15, 0.2) is 0 Å². The first-order valence-corrected chi connectivity index (χ1v) is 5.82. The highest BCUT2D eigenvalue weighted by Crippen LogP contribution is 2.38. The van der Waals surface area contributed by atoms with Gasteiger partial charge in [0, 0.05) is 13.0 Å². The van der Waals surface area contributed by atoms with Crippen LogP contribution in [0, 0.1) is 0 Å². The minimum Gasteiger partial charge on any atom is -0.371 e. The third-order valence-electron chi connectivity index (χ3n) is 3.09.